The maximum absolute atomic E-state index is 12.8. The van der Waals surface area contributed by atoms with Crippen molar-refractivity contribution in [3.05, 3.63) is 63.2 Å². The zero-order valence-electron chi connectivity index (χ0n) is 13.6. The van der Waals surface area contributed by atoms with Gasteiger partial charge in [-0.3, -0.25) is 14.5 Å². The monoisotopic (exact) mass is 462 g/mol. The minimum atomic E-state index is -0.847. The average molecular weight is 462 g/mol. The van der Waals surface area contributed by atoms with E-state index in [1.54, 1.807) is 30.3 Å². The van der Waals surface area contributed by atoms with Gasteiger partial charge in [-0.05, 0) is 53.3 Å². The predicted molar refractivity (Wildman–Crippen MR) is 102 cm³/mol. The van der Waals surface area contributed by atoms with Gasteiger partial charge in [0.15, 0.2) is 0 Å². The summed E-state index contributed by atoms with van der Waals surface area (Å²) in [7, 11) is 0. The van der Waals surface area contributed by atoms with Crippen LogP contribution in [0.25, 0.3) is 0 Å². The summed E-state index contributed by atoms with van der Waals surface area (Å²) in [5.74, 6) is -0.942. The van der Waals surface area contributed by atoms with Gasteiger partial charge < -0.3 is 10.1 Å². The van der Waals surface area contributed by atoms with Crippen LogP contribution < -0.4 is 5.32 Å². The lowest BCUT2D eigenvalue weighted by Gasteiger charge is -2.29. The van der Waals surface area contributed by atoms with E-state index in [2.05, 4.69) is 27.9 Å². The fraction of sp³-hybridized carbons (Fsp3) is 0.211. The van der Waals surface area contributed by atoms with E-state index in [0.717, 1.165) is 3.57 Å². The van der Waals surface area contributed by atoms with Gasteiger partial charge in [0.05, 0.1) is 5.56 Å². The second-order valence-electron chi connectivity index (χ2n) is 6.20. The lowest BCUT2D eigenvalue weighted by Crippen LogP contribution is -2.43. The molecule has 0 aromatic heterocycles. The van der Waals surface area contributed by atoms with Crippen molar-refractivity contribution >= 4 is 46.1 Å². The topological polar surface area (TPSA) is 75.7 Å². The Kier molecular flexibility index (Phi) is 4.39. The predicted octanol–water partition coefficient (Wildman–Crippen LogP) is 3.09. The Bertz CT molecular complexity index is 914. The molecule has 2 aromatic rings. The maximum atomic E-state index is 12.8. The molecule has 2 atom stereocenters. The van der Waals surface area contributed by atoms with Crippen LogP contribution in [0.15, 0.2) is 48.5 Å². The molecule has 0 saturated carbocycles. The molecule has 1 N–H and O–H groups in total. The largest absolute Gasteiger partial charge is 0.433 e. The highest BCUT2D eigenvalue weighted by Gasteiger charge is 2.46. The third-order valence-corrected chi connectivity index (χ3v) is 5.24. The number of fused-ring (bicyclic) bond motifs is 1. The average Bonchev–Trinajstić information content (AvgIpc) is 3.15. The van der Waals surface area contributed by atoms with Crippen molar-refractivity contribution in [3.63, 3.8) is 0 Å². The zero-order chi connectivity index (χ0) is 18.3. The van der Waals surface area contributed by atoms with E-state index in [1.165, 1.54) is 4.90 Å². The summed E-state index contributed by atoms with van der Waals surface area (Å²) in [5.41, 5.74) is 1.73. The number of likely N-dealkylation sites (tertiary alicyclic amines) is 1. The highest BCUT2D eigenvalue weighted by atomic mass is 127. The number of esters is 1. The number of cyclic esters (lactones) is 1. The van der Waals surface area contributed by atoms with Gasteiger partial charge in [-0.1, -0.05) is 24.3 Å². The Balaban J connectivity index is 1.60. The number of anilines is 1. The van der Waals surface area contributed by atoms with Crippen molar-refractivity contribution in [2.75, 3.05) is 5.32 Å². The van der Waals surface area contributed by atoms with Crippen molar-refractivity contribution in [3.8, 4) is 0 Å². The van der Waals surface area contributed by atoms with E-state index in [0.29, 0.717) is 23.2 Å². The Morgan fingerprint density at radius 1 is 1.15 bits per heavy atom. The summed E-state index contributed by atoms with van der Waals surface area (Å²) >= 11 is 2.17. The number of carbonyl (C=O) groups is 3. The first-order chi connectivity index (χ1) is 12.5. The molecule has 0 radical (unpaired) electrons. The molecule has 2 heterocycles. The minimum Gasteiger partial charge on any atom is -0.433 e. The number of halogens is 1. The molecule has 132 valence electrons. The molecule has 0 bridgehead atoms. The van der Waals surface area contributed by atoms with E-state index >= 15 is 0 Å². The molecule has 2 amide bonds. The van der Waals surface area contributed by atoms with Gasteiger partial charge in [-0.25, -0.2) is 4.79 Å². The van der Waals surface area contributed by atoms with Gasteiger partial charge >= 0.3 is 5.97 Å². The van der Waals surface area contributed by atoms with Gasteiger partial charge in [-0.2, -0.15) is 0 Å². The standard InChI is InChI=1S/C19H15IN2O4/c20-11-4-3-5-12(10-11)21-17(24)15-8-9-16(23)22(15)18-13-6-1-2-7-14(13)19(25)26-18/h1-7,10,15,18H,8-9H2,(H,21,24)/t15-,18-/m0/s1. The van der Waals surface area contributed by atoms with Crippen molar-refractivity contribution in [1.29, 1.82) is 0 Å². The molecule has 1 saturated heterocycles. The summed E-state index contributed by atoms with van der Waals surface area (Å²) in [6.45, 7) is 0. The number of hydrogen-bond donors (Lipinski definition) is 1. The van der Waals surface area contributed by atoms with Crippen LogP contribution in [0, 0.1) is 3.57 Å². The third kappa shape index (κ3) is 2.96. The number of rotatable bonds is 3. The molecule has 2 aliphatic rings. The number of nitrogens with zero attached hydrogens (tertiary/aromatic N) is 1. The molecule has 0 spiro atoms. The number of ether oxygens (including phenoxy) is 1. The summed E-state index contributed by atoms with van der Waals surface area (Å²) in [6, 6.07) is 13.7. The lowest BCUT2D eigenvalue weighted by atomic mass is 10.1. The third-order valence-electron chi connectivity index (χ3n) is 4.57. The van der Waals surface area contributed by atoms with Gasteiger partial charge in [-0.15, -0.1) is 0 Å². The summed E-state index contributed by atoms with van der Waals surface area (Å²) < 4.78 is 6.42. The minimum absolute atomic E-state index is 0.192. The quantitative estimate of drug-likeness (QED) is 0.562. The normalized spacial score (nSPS) is 21.5. The molecule has 4 rings (SSSR count). The summed E-state index contributed by atoms with van der Waals surface area (Å²) in [6.07, 6.45) is -0.203. The number of benzene rings is 2. The number of nitrogens with one attached hydrogen (secondary N) is 1. The highest BCUT2D eigenvalue weighted by molar-refractivity contribution is 14.1. The van der Waals surface area contributed by atoms with E-state index in [4.69, 9.17) is 4.74 Å². The van der Waals surface area contributed by atoms with Gasteiger partial charge in [0, 0.05) is 21.2 Å². The van der Waals surface area contributed by atoms with Gasteiger partial charge in [0.2, 0.25) is 18.0 Å². The van der Waals surface area contributed by atoms with E-state index in [9.17, 15) is 14.4 Å². The van der Waals surface area contributed by atoms with E-state index < -0.39 is 18.2 Å². The van der Waals surface area contributed by atoms with Crippen LogP contribution >= 0.6 is 22.6 Å². The van der Waals surface area contributed by atoms with E-state index in [-0.39, 0.29) is 18.2 Å². The SMILES string of the molecule is O=C1O[C@H](N2C(=O)CC[C@H]2C(=O)Nc2cccc(I)c2)c2ccccc21. The van der Waals surface area contributed by atoms with Crippen LogP contribution in [0.2, 0.25) is 0 Å². The molecular formula is C19H15IN2O4. The molecule has 6 nitrogen and oxygen atoms in total. The zero-order valence-corrected chi connectivity index (χ0v) is 15.8. The summed E-state index contributed by atoms with van der Waals surface area (Å²) in [5, 5.41) is 2.86. The second kappa shape index (κ2) is 6.71. The Morgan fingerprint density at radius 2 is 1.96 bits per heavy atom. The Morgan fingerprint density at radius 3 is 2.77 bits per heavy atom. The van der Waals surface area contributed by atoms with Crippen molar-refractivity contribution in [2.45, 2.75) is 25.1 Å². The first-order valence-electron chi connectivity index (χ1n) is 8.22. The molecule has 7 heteroatoms. The summed E-state index contributed by atoms with van der Waals surface area (Å²) in [4.78, 5) is 38.7. The molecule has 0 unspecified atom stereocenters. The smallest absolute Gasteiger partial charge is 0.340 e. The molecule has 26 heavy (non-hydrogen) atoms. The molecule has 1 fully saturated rings. The van der Waals surface area contributed by atoms with Crippen LogP contribution in [0.5, 0.6) is 0 Å². The Labute approximate surface area is 163 Å². The van der Waals surface area contributed by atoms with Crippen LogP contribution in [0.1, 0.15) is 35.0 Å². The number of hydrogen-bond acceptors (Lipinski definition) is 4. The molecular weight excluding hydrogens is 447 g/mol. The highest BCUT2D eigenvalue weighted by Crippen LogP contribution is 2.38. The van der Waals surface area contributed by atoms with Crippen molar-refractivity contribution in [2.24, 2.45) is 0 Å². The number of carbonyl (C=O) groups excluding carboxylic acids is 3. The van der Waals surface area contributed by atoms with Crippen LogP contribution in [-0.2, 0) is 14.3 Å². The molecule has 2 aromatic carbocycles. The molecule has 0 aliphatic carbocycles. The van der Waals surface area contributed by atoms with Crippen LogP contribution in [-0.4, -0.2) is 28.7 Å². The van der Waals surface area contributed by atoms with E-state index in [1.807, 2.05) is 18.2 Å². The van der Waals surface area contributed by atoms with Gasteiger partial charge in [0.1, 0.15) is 6.04 Å². The van der Waals surface area contributed by atoms with Gasteiger partial charge in [0.25, 0.3) is 0 Å². The maximum Gasteiger partial charge on any atom is 0.340 e. The van der Waals surface area contributed by atoms with Crippen molar-refractivity contribution in [1.82, 2.24) is 4.90 Å². The van der Waals surface area contributed by atoms with Crippen molar-refractivity contribution < 1.29 is 19.1 Å². The van der Waals surface area contributed by atoms with Crippen LogP contribution in [0.3, 0.4) is 0 Å². The Hall–Kier alpha value is -2.42. The fourth-order valence-corrected chi connectivity index (χ4v) is 3.92. The fourth-order valence-electron chi connectivity index (χ4n) is 3.38. The first kappa shape index (κ1) is 17.0. The van der Waals surface area contributed by atoms with Crippen LogP contribution in [0.4, 0.5) is 5.69 Å². The molecule has 2 aliphatic heterocycles. The first-order valence-corrected chi connectivity index (χ1v) is 9.30. The second-order valence-corrected chi connectivity index (χ2v) is 7.45. The lowest BCUT2D eigenvalue weighted by molar-refractivity contribution is -0.144. The number of amides is 2.